The molecule has 0 aromatic heterocycles. The maximum Gasteiger partial charge on any atom is 0.306 e. The van der Waals surface area contributed by atoms with E-state index in [1.165, 1.54) is 4.90 Å². The summed E-state index contributed by atoms with van der Waals surface area (Å²) < 4.78 is 2.39. The monoisotopic (exact) mass is 585 g/mol. The summed E-state index contributed by atoms with van der Waals surface area (Å²) in [5, 5.41) is 9.10. The topological polar surface area (TPSA) is 74.7 Å². The van der Waals surface area contributed by atoms with Crippen molar-refractivity contribution in [3.63, 3.8) is 0 Å². The van der Waals surface area contributed by atoms with Crippen LogP contribution in [0, 0.1) is 5.92 Å². The van der Waals surface area contributed by atoms with E-state index in [1.54, 1.807) is 0 Å². The average molecular weight is 589 g/mol. The normalized spacial score (nSPS) is 23.6. The Kier molecular flexibility index (Phi) is 5.26. The third kappa shape index (κ3) is 2.81. The Morgan fingerprint density at radius 2 is 1.25 bits per heavy atom. The van der Waals surface area contributed by atoms with Crippen LogP contribution in [0.1, 0.15) is 46.4 Å². The Balaban J connectivity index is 1.96. The SMILES string of the molecule is O=C(O)C1CCC(N2C(=O)c3c(Br)c(Br)c(Br)c(Br)c3C2=O)CC1. The zero-order chi connectivity index (χ0) is 17.8. The molecule has 1 saturated carbocycles. The van der Waals surface area contributed by atoms with Gasteiger partial charge in [0.15, 0.2) is 0 Å². The number of carbonyl (C=O) groups is 3. The van der Waals surface area contributed by atoms with Gasteiger partial charge in [0.25, 0.3) is 11.8 Å². The number of nitrogens with zero attached hydrogens (tertiary/aromatic N) is 1. The molecule has 1 aliphatic heterocycles. The minimum absolute atomic E-state index is 0.260. The molecule has 0 radical (unpaired) electrons. The van der Waals surface area contributed by atoms with Gasteiger partial charge in [0.2, 0.25) is 0 Å². The summed E-state index contributed by atoms with van der Waals surface area (Å²) in [5.74, 6) is -1.88. The third-order valence-electron chi connectivity index (χ3n) is 4.54. The molecule has 0 unspecified atom stereocenters. The first-order valence-corrected chi connectivity index (χ1v) is 10.4. The Bertz CT molecular complexity index is 724. The van der Waals surface area contributed by atoms with Crippen molar-refractivity contribution in [2.45, 2.75) is 31.7 Å². The van der Waals surface area contributed by atoms with Gasteiger partial charge >= 0.3 is 5.97 Å². The van der Waals surface area contributed by atoms with E-state index >= 15 is 0 Å². The molecular formula is C15H11Br4NO4. The van der Waals surface area contributed by atoms with Crippen LogP contribution in [0.2, 0.25) is 0 Å². The van der Waals surface area contributed by atoms with Crippen molar-refractivity contribution in [3.05, 3.63) is 29.0 Å². The van der Waals surface area contributed by atoms with Gasteiger partial charge in [0.05, 0.1) is 17.0 Å². The van der Waals surface area contributed by atoms with Gasteiger partial charge in [-0.2, -0.15) is 0 Å². The number of amides is 2. The maximum atomic E-state index is 12.9. The zero-order valence-electron chi connectivity index (χ0n) is 12.1. The minimum atomic E-state index is -0.811. The fourth-order valence-corrected chi connectivity index (χ4v) is 5.74. The number of imide groups is 1. The summed E-state index contributed by atoms with van der Waals surface area (Å²) >= 11 is 13.6. The van der Waals surface area contributed by atoms with Gasteiger partial charge in [0, 0.05) is 23.9 Å². The van der Waals surface area contributed by atoms with Crippen molar-refractivity contribution in [1.29, 1.82) is 0 Å². The highest BCUT2D eigenvalue weighted by Gasteiger charge is 2.45. The van der Waals surface area contributed by atoms with Crippen molar-refractivity contribution < 1.29 is 19.5 Å². The van der Waals surface area contributed by atoms with Crippen LogP contribution >= 0.6 is 63.7 Å². The molecule has 5 nitrogen and oxygen atoms in total. The number of rotatable bonds is 2. The second-order valence-corrected chi connectivity index (χ2v) is 9.00. The molecule has 1 heterocycles. The van der Waals surface area contributed by atoms with Gasteiger partial charge in [-0.3, -0.25) is 19.3 Å². The van der Waals surface area contributed by atoms with E-state index in [0.29, 0.717) is 54.7 Å². The highest BCUT2D eigenvalue weighted by atomic mass is 79.9. The molecule has 3 rings (SSSR count). The number of carboxylic acids is 1. The summed E-state index contributed by atoms with van der Waals surface area (Å²) in [6.07, 6.45) is 1.98. The fourth-order valence-electron chi connectivity index (χ4n) is 3.28. The van der Waals surface area contributed by atoms with Crippen molar-refractivity contribution in [1.82, 2.24) is 4.90 Å². The lowest BCUT2D eigenvalue weighted by Crippen LogP contribution is -2.42. The molecule has 1 aromatic rings. The number of halogens is 4. The summed E-state index contributed by atoms with van der Waals surface area (Å²) in [7, 11) is 0. The third-order valence-corrected chi connectivity index (χ3v) is 9.31. The van der Waals surface area contributed by atoms with Gasteiger partial charge in [-0.15, -0.1) is 0 Å². The van der Waals surface area contributed by atoms with Crippen molar-refractivity contribution in [3.8, 4) is 0 Å². The second kappa shape index (κ2) is 6.81. The van der Waals surface area contributed by atoms with Gasteiger partial charge in [-0.1, -0.05) is 0 Å². The molecule has 2 aliphatic rings. The van der Waals surface area contributed by atoms with Crippen LogP contribution in [0.3, 0.4) is 0 Å². The molecule has 1 N–H and O–H groups in total. The van der Waals surface area contributed by atoms with E-state index in [2.05, 4.69) is 63.7 Å². The van der Waals surface area contributed by atoms with E-state index in [0.717, 1.165) is 0 Å². The number of carbonyl (C=O) groups excluding carboxylic acids is 2. The quantitative estimate of drug-likeness (QED) is 0.301. The molecule has 24 heavy (non-hydrogen) atoms. The summed E-state index contributed by atoms with van der Waals surface area (Å²) in [5.41, 5.74) is 0.671. The van der Waals surface area contributed by atoms with Gasteiger partial charge in [-0.25, -0.2) is 0 Å². The largest absolute Gasteiger partial charge is 0.481 e. The maximum absolute atomic E-state index is 12.9. The van der Waals surface area contributed by atoms with Crippen LogP contribution in [-0.4, -0.2) is 33.8 Å². The van der Waals surface area contributed by atoms with Crippen LogP contribution in [0.5, 0.6) is 0 Å². The Labute approximate surface area is 171 Å². The number of fused-ring (bicyclic) bond motifs is 1. The molecule has 1 fully saturated rings. The summed E-state index contributed by atoms with van der Waals surface area (Å²) in [4.78, 5) is 38.1. The van der Waals surface area contributed by atoms with Crippen LogP contribution in [0.4, 0.5) is 0 Å². The first kappa shape index (κ1) is 18.5. The van der Waals surface area contributed by atoms with Crippen LogP contribution < -0.4 is 0 Å². The molecule has 0 spiro atoms. The zero-order valence-corrected chi connectivity index (χ0v) is 18.5. The lowest BCUT2D eigenvalue weighted by molar-refractivity contribution is -0.143. The predicted octanol–water partition coefficient (Wildman–Crippen LogP) is 4.98. The number of benzene rings is 1. The van der Waals surface area contributed by atoms with E-state index in [1.807, 2.05) is 0 Å². The number of hydrogen-bond acceptors (Lipinski definition) is 3. The fraction of sp³-hybridized carbons (Fsp3) is 0.400. The molecule has 0 saturated heterocycles. The Hall–Kier alpha value is -0.250. The highest BCUT2D eigenvalue weighted by molar-refractivity contribution is 9.15. The molecular weight excluding hydrogens is 578 g/mol. The van der Waals surface area contributed by atoms with Crippen molar-refractivity contribution in [2.75, 3.05) is 0 Å². The van der Waals surface area contributed by atoms with Crippen molar-refractivity contribution in [2.24, 2.45) is 5.92 Å². The van der Waals surface area contributed by atoms with Gasteiger partial charge < -0.3 is 5.11 Å². The Morgan fingerprint density at radius 1 is 0.833 bits per heavy atom. The van der Waals surface area contributed by atoms with Crippen LogP contribution in [-0.2, 0) is 4.79 Å². The number of aliphatic carboxylic acids is 1. The lowest BCUT2D eigenvalue weighted by Gasteiger charge is -2.31. The first-order chi connectivity index (χ1) is 11.3. The molecule has 9 heteroatoms. The summed E-state index contributed by atoms with van der Waals surface area (Å²) in [6.45, 7) is 0. The van der Waals surface area contributed by atoms with Crippen LogP contribution in [0.15, 0.2) is 17.9 Å². The highest BCUT2D eigenvalue weighted by Crippen LogP contribution is 2.46. The predicted molar refractivity (Wildman–Crippen MR) is 101 cm³/mol. The minimum Gasteiger partial charge on any atom is -0.481 e. The number of carboxylic acid groups (broad SMARTS) is 1. The average Bonchev–Trinajstić information content (AvgIpc) is 2.82. The van der Waals surface area contributed by atoms with E-state index in [4.69, 9.17) is 5.11 Å². The smallest absolute Gasteiger partial charge is 0.306 e. The van der Waals surface area contributed by atoms with Gasteiger partial charge in [-0.05, 0) is 89.4 Å². The molecule has 0 bridgehead atoms. The second-order valence-electron chi connectivity index (χ2n) is 5.83. The van der Waals surface area contributed by atoms with Gasteiger partial charge in [0.1, 0.15) is 0 Å². The standard InChI is InChI=1S/C15H11Br4NO4/c16-9-7-8(10(17)12(19)11(9)18)14(22)20(13(7)21)6-3-1-5(2-4-6)15(23)24/h5-6H,1-4H2,(H,23,24). The van der Waals surface area contributed by atoms with E-state index in [-0.39, 0.29) is 17.9 Å². The Morgan fingerprint density at radius 3 is 1.62 bits per heavy atom. The van der Waals surface area contributed by atoms with E-state index < -0.39 is 11.9 Å². The molecule has 128 valence electrons. The summed E-state index contributed by atoms with van der Waals surface area (Å²) in [6, 6.07) is -0.260. The van der Waals surface area contributed by atoms with E-state index in [9.17, 15) is 14.4 Å². The first-order valence-electron chi connectivity index (χ1n) is 7.22. The molecule has 2 amide bonds. The number of hydrogen-bond donors (Lipinski definition) is 1. The molecule has 1 aromatic carbocycles. The molecule has 1 aliphatic carbocycles. The van der Waals surface area contributed by atoms with Crippen molar-refractivity contribution >= 4 is 81.5 Å². The lowest BCUT2D eigenvalue weighted by atomic mass is 9.85. The van der Waals surface area contributed by atoms with Crippen LogP contribution in [0.25, 0.3) is 0 Å². The molecule has 0 atom stereocenters.